The van der Waals surface area contributed by atoms with E-state index in [0.717, 1.165) is 6.42 Å². The third-order valence-electron chi connectivity index (χ3n) is 2.66. The topological polar surface area (TPSA) is 144 Å². The summed E-state index contributed by atoms with van der Waals surface area (Å²) in [6, 6.07) is 0. The maximum absolute atomic E-state index is 11.3. The number of aromatic nitrogens is 2. The van der Waals surface area contributed by atoms with Crippen molar-refractivity contribution in [1.82, 2.24) is 9.95 Å². The highest BCUT2D eigenvalue weighted by Crippen LogP contribution is 2.25. The smallest absolute Gasteiger partial charge is 0.312 e. The quantitative estimate of drug-likeness (QED) is 0.306. The first-order valence-corrected chi connectivity index (χ1v) is 6.06. The summed E-state index contributed by atoms with van der Waals surface area (Å²) in [5.41, 5.74) is -4.17. The van der Waals surface area contributed by atoms with E-state index in [1.165, 1.54) is 12.2 Å². The lowest BCUT2D eigenvalue weighted by Crippen LogP contribution is -2.46. The van der Waals surface area contributed by atoms with Crippen LogP contribution < -0.4 is 16.6 Å². The van der Waals surface area contributed by atoms with Crippen LogP contribution in [0.25, 0.3) is 0 Å². The molecule has 0 amide bonds. The van der Waals surface area contributed by atoms with Crippen molar-refractivity contribution < 1.29 is 14.1 Å². The van der Waals surface area contributed by atoms with Gasteiger partial charge in [0.2, 0.25) is 12.2 Å². The van der Waals surface area contributed by atoms with Gasteiger partial charge in [-0.1, -0.05) is 24.6 Å². The molecule has 0 saturated carbocycles. The van der Waals surface area contributed by atoms with Crippen molar-refractivity contribution in [3.8, 4) is 0 Å². The summed E-state index contributed by atoms with van der Waals surface area (Å²) in [6.07, 6.45) is 4.32. The van der Waals surface area contributed by atoms with E-state index in [4.69, 9.17) is 0 Å². The number of aliphatic imine (C=N–C) groups is 2. The van der Waals surface area contributed by atoms with Crippen LogP contribution in [0.2, 0.25) is 0 Å². The number of nitrogens with zero attached hydrogens (tertiary/aromatic N) is 3. The molecule has 0 saturated heterocycles. The van der Waals surface area contributed by atoms with Crippen molar-refractivity contribution in [1.29, 1.82) is 0 Å². The molecule has 0 spiro atoms. The molecule has 21 heavy (non-hydrogen) atoms. The van der Waals surface area contributed by atoms with Crippen molar-refractivity contribution in [3.05, 3.63) is 31.0 Å². The van der Waals surface area contributed by atoms with Crippen LogP contribution in [0.4, 0.5) is 0 Å². The Bertz CT molecular complexity index is 708. The molecule has 0 aliphatic heterocycles. The monoisotopic (exact) mass is 296 g/mol. The average Bonchev–Trinajstić information content (AvgIpc) is 2.44. The minimum atomic E-state index is -2.02. The third kappa shape index (κ3) is 3.59. The Morgan fingerprint density at radius 3 is 2.29 bits per heavy atom. The Hall–Kier alpha value is -2.83. The minimum Gasteiger partial charge on any atom is -0.312 e. The van der Waals surface area contributed by atoms with Gasteiger partial charge in [0.05, 0.1) is 0 Å². The van der Waals surface area contributed by atoms with Crippen LogP contribution in [0.3, 0.4) is 0 Å². The Morgan fingerprint density at radius 2 is 1.81 bits per heavy atom. The zero-order valence-electron chi connectivity index (χ0n) is 11.1. The van der Waals surface area contributed by atoms with Crippen LogP contribution in [-0.2, 0) is 15.4 Å². The number of hydrogen-bond acceptors (Lipinski definition) is 8. The molecule has 0 unspecified atom stereocenters. The van der Waals surface area contributed by atoms with Crippen molar-refractivity contribution in [2.75, 3.05) is 0 Å². The van der Waals surface area contributed by atoms with Crippen LogP contribution in [0, 0.1) is 0 Å². The Balaban J connectivity index is 3.51. The fraction of sp³-hybridized carbons (Fsp3) is 0.545. The maximum atomic E-state index is 11.3. The van der Waals surface area contributed by atoms with Crippen LogP contribution >= 0.6 is 0 Å². The summed E-state index contributed by atoms with van der Waals surface area (Å²) in [5, 5.41) is 1.89. The molecule has 0 bridgehead atoms. The summed E-state index contributed by atoms with van der Waals surface area (Å²) >= 11 is 0. The number of nitrogens with one attached hydrogen (secondary N) is 1. The van der Waals surface area contributed by atoms with Crippen molar-refractivity contribution in [3.63, 3.8) is 0 Å². The van der Waals surface area contributed by atoms with Gasteiger partial charge in [0, 0.05) is 6.42 Å². The molecule has 0 radical (unpaired) electrons. The number of unbranched alkanes of at least 4 members (excludes halogenated alkanes) is 2. The van der Waals surface area contributed by atoms with Crippen molar-refractivity contribution in [2.45, 2.75) is 38.4 Å². The zero-order chi connectivity index (χ0) is 15.9. The number of isocyanates is 2. The number of carbonyl (C=O) groups excluding carboxylic acids is 2. The van der Waals surface area contributed by atoms with E-state index in [2.05, 4.69) is 14.5 Å². The molecule has 112 valence electrons. The summed E-state index contributed by atoms with van der Waals surface area (Å²) < 4.78 is 4.54. The van der Waals surface area contributed by atoms with E-state index < -0.39 is 22.4 Å². The molecular formula is C11H12N4O6. The lowest BCUT2D eigenvalue weighted by molar-refractivity contribution is 0.0612. The van der Waals surface area contributed by atoms with Crippen LogP contribution in [-0.4, -0.2) is 22.1 Å². The van der Waals surface area contributed by atoms with Gasteiger partial charge >= 0.3 is 16.6 Å². The van der Waals surface area contributed by atoms with E-state index in [1.807, 2.05) is 12.0 Å². The SMILES string of the molecule is CCCCCC(N=C=O)(N=C=O)n1[nH]c(=O)c(=O)c(=O)o1. The second-order valence-electron chi connectivity index (χ2n) is 4.08. The summed E-state index contributed by atoms with van der Waals surface area (Å²) in [7, 11) is 0. The summed E-state index contributed by atoms with van der Waals surface area (Å²) in [6.45, 7) is 1.91. The fourth-order valence-electron chi connectivity index (χ4n) is 1.63. The molecule has 0 aliphatic carbocycles. The molecule has 0 aliphatic rings. The van der Waals surface area contributed by atoms with Gasteiger partial charge in [-0.25, -0.2) is 19.5 Å². The van der Waals surface area contributed by atoms with Crippen molar-refractivity contribution >= 4 is 12.2 Å². The first-order chi connectivity index (χ1) is 10.0. The number of aromatic amines is 1. The molecule has 10 nitrogen and oxygen atoms in total. The number of hydrogen-bond donors (Lipinski definition) is 1. The largest absolute Gasteiger partial charge is 0.410 e. The predicted octanol–water partition coefficient (Wildman–Crippen LogP) is -0.648. The molecule has 1 aromatic rings. The Morgan fingerprint density at radius 1 is 1.19 bits per heavy atom. The average molecular weight is 296 g/mol. The van der Waals surface area contributed by atoms with Crippen LogP contribution in [0.5, 0.6) is 0 Å². The highest BCUT2D eigenvalue weighted by Gasteiger charge is 2.34. The van der Waals surface area contributed by atoms with Crippen LogP contribution in [0.1, 0.15) is 32.6 Å². The second-order valence-corrected chi connectivity index (χ2v) is 4.08. The molecule has 0 atom stereocenters. The van der Waals surface area contributed by atoms with Gasteiger partial charge in [0.25, 0.3) is 5.79 Å². The molecule has 10 heteroatoms. The molecule has 1 rings (SSSR count). The van der Waals surface area contributed by atoms with Crippen LogP contribution in [0.15, 0.2) is 28.9 Å². The van der Waals surface area contributed by atoms with Gasteiger partial charge in [-0.15, -0.1) is 9.98 Å². The number of H-pyrrole nitrogens is 1. The van der Waals surface area contributed by atoms with E-state index in [-0.39, 0.29) is 6.42 Å². The Labute approximate surface area is 116 Å². The van der Waals surface area contributed by atoms with E-state index in [0.29, 0.717) is 17.7 Å². The predicted molar refractivity (Wildman–Crippen MR) is 68.2 cm³/mol. The molecule has 0 aromatic carbocycles. The van der Waals surface area contributed by atoms with E-state index in [1.54, 1.807) is 0 Å². The second kappa shape index (κ2) is 7.09. The zero-order valence-corrected chi connectivity index (χ0v) is 11.1. The lowest BCUT2D eigenvalue weighted by Gasteiger charge is -2.21. The minimum absolute atomic E-state index is 0.0347. The van der Waals surface area contributed by atoms with Gasteiger partial charge in [0.15, 0.2) is 0 Å². The molecule has 1 heterocycles. The standard InChI is InChI=1S/C11H12N4O6/c1-2-3-4-5-11(12-6-16,13-7-17)15-14-9(19)8(18)10(20)21-15/h2-5H2,1H3,(H,14,19). The lowest BCUT2D eigenvalue weighted by atomic mass is 10.1. The Kier molecular flexibility index (Phi) is 5.48. The third-order valence-corrected chi connectivity index (χ3v) is 2.66. The molecule has 1 N–H and O–H groups in total. The fourth-order valence-corrected chi connectivity index (χ4v) is 1.63. The number of rotatable bonds is 7. The normalized spacial score (nSPS) is 12.8. The van der Waals surface area contributed by atoms with Gasteiger partial charge in [-0.2, -0.15) is 0 Å². The van der Waals surface area contributed by atoms with E-state index in [9.17, 15) is 24.0 Å². The van der Waals surface area contributed by atoms with Gasteiger partial charge in [0.1, 0.15) is 0 Å². The molecular weight excluding hydrogens is 284 g/mol. The first kappa shape index (κ1) is 16.2. The van der Waals surface area contributed by atoms with Gasteiger partial charge in [-0.05, 0) is 6.42 Å². The summed E-state index contributed by atoms with van der Waals surface area (Å²) in [5.74, 6) is -2.02. The highest BCUT2D eigenvalue weighted by atomic mass is 16.5. The molecule has 0 fully saturated rings. The van der Waals surface area contributed by atoms with E-state index >= 15 is 0 Å². The molecule has 1 aromatic heterocycles. The van der Waals surface area contributed by atoms with Crippen molar-refractivity contribution in [2.24, 2.45) is 9.98 Å². The summed E-state index contributed by atoms with van der Waals surface area (Å²) in [4.78, 5) is 61.8. The van der Waals surface area contributed by atoms with Gasteiger partial charge in [-0.3, -0.25) is 9.59 Å². The maximum Gasteiger partial charge on any atom is 0.410 e. The first-order valence-electron chi connectivity index (χ1n) is 6.06. The highest BCUT2D eigenvalue weighted by molar-refractivity contribution is 5.37. The van der Waals surface area contributed by atoms with Gasteiger partial charge < -0.3 is 4.52 Å².